The zero-order valence-electron chi connectivity index (χ0n) is 13.9. The molecule has 0 saturated heterocycles. The molecule has 0 amide bonds. The van der Waals surface area contributed by atoms with Crippen molar-refractivity contribution in [3.8, 4) is 0 Å². The van der Waals surface area contributed by atoms with Crippen LogP contribution in [-0.2, 0) is 13.1 Å². The third kappa shape index (κ3) is 6.96. The van der Waals surface area contributed by atoms with Gasteiger partial charge in [-0.05, 0) is 43.5 Å². The molecule has 0 aliphatic heterocycles. The van der Waals surface area contributed by atoms with Crippen LogP contribution in [0.25, 0.3) is 0 Å². The van der Waals surface area contributed by atoms with E-state index in [0.29, 0.717) is 0 Å². The van der Waals surface area contributed by atoms with Gasteiger partial charge in [0.05, 0.1) is 0 Å². The van der Waals surface area contributed by atoms with Gasteiger partial charge in [0.1, 0.15) is 0 Å². The van der Waals surface area contributed by atoms with Crippen molar-refractivity contribution in [2.75, 3.05) is 27.2 Å². The largest absolute Gasteiger partial charge is 0.356 e. The van der Waals surface area contributed by atoms with Gasteiger partial charge in [-0.25, -0.2) is 0 Å². The summed E-state index contributed by atoms with van der Waals surface area (Å²) < 4.78 is 0. The quantitative estimate of drug-likeness (QED) is 0.408. The molecule has 0 aromatic heterocycles. The molecular weight excluding hydrogens is 387 g/mol. The number of aliphatic imine (C=N–C) groups is 1. The van der Waals surface area contributed by atoms with Gasteiger partial charge in [-0.3, -0.25) is 4.99 Å². The minimum Gasteiger partial charge on any atom is -0.356 e. The molecule has 1 fully saturated rings. The standard InChI is InChI=1S/C17H28N4.HI/c1-4-21(3)13-16-7-5-6-15(10-16)12-20-17(18-2)19-11-14-8-9-14;/h5-7,10,14H,4,8-9,11-13H2,1-3H3,(H2,18,19,20);1H. The van der Waals surface area contributed by atoms with E-state index in [-0.39, 0.29) is 24.0 Å². The molecule has 22 heavy (non-hydrogen) atoms. The topological polar surface area (TPSA) is 39.7 Å². The number of nitrogens with zero attached hydrogens (tertiary/aromatic N) is 2. The highest BCUT2D eigenvalue weighted by Crippen LogP contribution is 2.27. The lowest BCUT2D eigenvalue weighted by Gasteiger charge is -2.15. The minimum atomic E-state index is 0. The number of guanidine groups is 1. The van der Waals surface area contributed by atoms with Crippen LogP contribution in [0.15, 0.2) is 29.3 Å². The fourth-order valence-electron chi connectivity index (χ4n) is 2.23. The average Bonchev–Trinajstić information content (AvgIpc) is 3.32. The van der Waals surface area contributed by atoms with E-state index in [9.17, 15) is 0 Å². The van der Waals surface area contributed by atoms with E-state index in [2.05, 4.69) is 58.8 Å². The van der Waals surface area contributed by atoms with Gasteiger partial charge in [0.2, 0.25) is 0 Å². The molecule has 1 saturated carbocycles. The molecule has 0 bridgehead atoms. The lowest BCUT2D eigenvalue weighted by atomic mass is 10.1. The molecule has 2 rings (SSSR count). The Balaban J connectivity index is 0.00000242. The van der Waals surface area contributed by atoms with E-state index in [0.717, 1.165) is 38.1 Å². The van der Waals surface area contributed by atoms with Crippen molar-refractivity contribution in [2.45, 2.75) is 32.9 Å². The lowest BCUT2D eigenvalue weighted by molar-refractivity contribution is 0.345. The van der Waals surface area contributed by atoms with Crippen LogP contribution >= 0.6 is 24.0 Å². The maximum Gasteiger partial charge on any atom is 0.191 e. The highest BCUT2D eigenvalue weighted by Gasteiger charge is 2.20. The minimum absolute atomic E-state index is 0. The Morgan fingerprint density at radius 1 is 1.27 bits per heavy atom. The van der Waals surface area contributed by atoms with Crippen molar-refractivity contribution in [3.05, 3.63) is 35.4 Å². The predicted octanol–water partition coefficient (Wildman–Crippen LogP) is 2.83. The lowest BCUT2D eigenvalue weighted by Crippen LogP contribution is -2.37. The van der Waals surface area contributed by atoms with E-state index in [1.807, 2.05) is 7.05 Å². The van der Waals surface area contributed by atoms with Crippen LogP contribution < -0.4 is 10.6 Å². The Bertz CT molecular complexity index is 471. The van der Waals surface area contributed by atoms with Gasteiger partial charge in [0.25, 0.3) is 0 Å². The summed E-state index contributed by atoms with van der Waals surface area (Å²) in [6, 6.07) is 8.76. The highest BCUT2D eigenvalue weighted by molar-refractivity contribution is 14.0. The zero-order chi connectivity index (χ0) is 15.1. The summed E-state index contributed by atoms with van der Waals surface area (Å²) in [6.45, 7) is 6.11. The normalized spacial score (nSPS) is 14.6. The fraction of sp³-hybridized carbons (Fsp3) is 0.588. The first-order chi connectivity index (χ1) is 10.2. The molecule has 1 aliphatic carbocycles. The number of hydrogen-bond donors (Lipinski definition) is 2. The molecular formula is C17H29IN4. The second-order valence-corrected chi connectivity index (χ2v) is 5.90. The first-order valence-corrected chi connectivity index (χ1v) is 7.92. The van der Waals surface area contributed by atoms with Crippen LogP contribution in [0.1, 0.15) is 30.9 Å². The van der Waals surface area contributed by atoms with Crippen molar-refractivity contribution >= 4 is 29.9 Å². The van der Waals surface area contributed by atoms with E-state index in [1.165, 1.54) is 24.0 Å². The molecule has 0 spiro atoms. The number of nitrogens with one attached hydrogen (secondary N) is 2. The summed E-state index contributed by atoms with van der Waals surface area (Å²) >= 11 is 0. The van der Waals surface area contributed by atoms with Gasteiger partial charge < -0.3 is 15.5 Å². The van der Waals surface area contributed by atoms with Crippen LogP contribution in [-0.4, -0.2) is 38.0 Å². The van der Waals surface area contributed by atoms with E-state index in [1.54, 1.807) is 0 Å². The highest BCUT2D eigenvalue weighted by atomic mass is 127. The molecule has 1 aromatic carbocycles. The van der Waals surface area contributed by atoms with Crippen LogP contribution in [0.2, 0.25) is 0 Å². The molecule has 4 nitrogen and oxygen atoms in total. The summed E-state index contributed by atoms with van der Waals surface area (Å²) in [4.78, 5) is 6.58. The summed E-state index contributed by atoms with van der Waals surface area (Å²) in [7, 11) is 3.98. The van der Waals surface area contributed by atoms with Gasteiger partial charge >= 0.3 is 0 Å². The summed E-state index contributed by atoms with van der Waals surface area (Å²) in [5.41, 5.74) is 2.66. The SMILES string of the molecule is CCN(C)Cc1cccc(CNC(=NC)NCC2CC2)c1.I. The van der Waals surface area contributed by atoms with Gasteiger partial charge in [0, 0.05) is 26.7 Å². The number of hydrogen-bond acceptors (Lipinski definition) is 2. The zero-order valence-corrected chi connectivity index (χ0v) is 16.3. The number of halogens is 1. The Morgan fingerprint density at radius 2 is 2.00 bits per heavy atom. The maximum absolute atomic E-state index is 4.27. The molecule has 0 atom stereocenters. The second kappa shape index (κ2) is 10.0. The van der Waals surface area contributed by atoms with Gasteiger partial charge in [0.15, 0.2) is 5.96 Å². The number of benzene rings is 1. The fourth-order valence-corrected chi connectivity index (χ4v) is 2.23. The molecule has 1 aliphatic rings. The Labute approximate surface area is 151 Å². The van der Waals surface area contributed by atoms with Crippen LogP contribution in [0.5, 0.6) is 0 Å². The first kappa shape index (κ1) is 19.2. The second-order valence-electron chi connectivity index (χ2n) is 5.90. The molecule has 0 heterocycles. The smallest absolute Gasteiger partial charge is 0.191 e. The van der Waals surface area contributed by atoms with E-state index in [4.69, 9.17) is 0 Å². The molecule has 124 valence electrons. The van der Waals surface area contributed by atoms with Gasteiger partial charge in [-0.15, -0.1) is 24.0 Å². The average molecular weight is 416 g/mol. The molecule has 5 heteroatoms. The first-order valence-electron chi connectivity index (χ1n) is 7.92. The van der Waals surface area contributed by atoms with Crippen LogP contribution in [0.3, 0.4) is 0 Å². The van der Waals surface area contributed by atoms with Crippen molar-refractivity contribution in [2.24, 2.45) is 10.9 Å². The van der Waals surface area contributed by atoms with Crippen LogP contribution in [0.4, 0.5) is 0 Å². The molecule has 2 N–H and O–H groups in total. The number of rotatable bonds is 7. The van der Waals surface area contributed by atoms with Gasteiger partial charge in [-0.2, -0.15) is 0 Å². The molecule has 0 radical (unpaired) electrons. The summed E-state index contributed by atoms with van der Waals surface area (Å²) in [6.07, 6.45) is 2.72. The molecule has 0 unspecified atom stereocenters. The Morgan fingerprint density at radius 3 is 2.64 bits per heavy atom. The predicted molar refractivity (Wildman–Crippen MR) is 105 cm³/mol. The monoisotopic (exact) mass is 416 g/mol. The molecule has 1 aromatic rings. The third-order valence-electron chi connectivity index (χ3n) is 3.92. The maximum atomic E-state index is 4.27. The summed E-state index contributed by atoms with van der Waals surface area (Å²) in [5.74, 6) is 1.76. The van der Waals surface area contributed by atoms with Crippen molar-refractivity contribution in [1.29, 1.82) is 0 Å². The Kier molecular flexibility index (Phi) is 8.78. The third-order valence-corrected chi connectivity index (χ3v) is 3.92. The van der Waals surface area contributed by atoms with Crippen LogP contribution in [0, 0.1) is 5.92 Å². The van der Waals surface area contributed by atoms with E-state index < -0.39 is 0 Å². The summed E-state index contributed by atoms with van der Waals surface area (Å²) in [5, 5.41) is 6.78. The Hall–Kier alpha value is -0.820. The van der Waals surface area contributed by atoms with Gasteiger partial charge in [-0.1, -0.05) is 31.2 Å². The van der Waals surface area contributed by atoms with Crippen molar-refractivity contribution in [1.82, 2.24) is 15.5 Å². The van der Waals surface area contributed by atoms with E-state index >= 15 is 0 Å². The van der Waals surface area contributed by atoms with Crippen molar-refractivity contribution < 1.29 is 0 Å². The van der Waals surface area contributed by atoms with Crippen molar-refractivity contribution in [3.63, 3.8) is 0 Å².